The first kappa shape index (κ1) is 23.9. The molecular weight excluding hydrogens is 468 g/mol. The van der Waals surface area contributed by atoms with Crippen molar-refractivity contribution in [3.63, 3.8) is 0 Å². The number of anilines is 2. The molecule has 1 aromatic heterocycles. The van der Waals surface area contributed by atoms with Gasteiger partial charge in [0, 0.05) is 50.5 Å². The van der Waals surface area contributed by atoms with Gasteiger partial charge in [0.1, 0.15) is 9.10 Å². The van der Waals surface area contributed by atoms with Crippen LogP contribution >= 0.6 is 11.3 Å². The van der Waals surface area contributed by atoms with E-state index < -0.39 is 26.0 Å². The van der Waals surface area contributed by atoms with Gasteiger partial charge in [-0.25, -0.2) is 29.9 Å². The number of nitrogens with zero attached hydrogens (tertiary/aromatic N) is 2. The van der Waals surface area contributed by atoms with Gasteiger partial charge in [0.05, 0.1) is 11.4 Å². The second kappa shape index (κ2) is 8.30. The molecule has 0 amide bonds. The number of thiophene rings is 1. The van der Waals surface area contributed by atoms with E-state index >= 15 is 0 Å². The molecule has 31 heavy (non-hydrogen) atoms. The molecule has 3 rings (SSSR count). The average Bonchev–Trinajstić information content (AvgIpc) is 2.98. The summed E-state index contributed by atoms with van der Waals surface area (Å²) >= 11 is 0.884. The van der Waals surface area contributed by atoms with Crippen molar-refractivity contribution in [2.45, 2.75) is 41.7 Å². The summed E-state index contributed by atoms with van der Waals surface area (Å²) in [6, 6.07) is 6.60. The minimum Gasteiger partial charge on any atom is -0.369 e. The van der Waals surface area contributed by atoms with Crippen molar-refractivity contribution in [2.75, 3.05) is 36.8 Å². The minimum absolute atomic E-state index is 0.0191. The zero-order chi connectivity index (χ0) is 23.2. The van der Waals surface area contributed by atoms with Crippen LogP contribution in [0.2, 0.25) is 0 Å². The van der Waals surface area contributed by atoms with Crippen molar-refractivity contribution in [2.24, 2.45) is 0 Å². The van der Waals surface area contributed by atoms with Crippen molar-refractivity contribution < 1.29 is 25.6 Å². The first-order valence-electron chi connectivity index (χ1n) is 9.53. The highest BCUT2D eigenvalue weighted by molar-refractivity contribution is 7.95. The monoisotopic (exact) mass is 493 g/mol. The maximum atomic E-state index is 13.5. The number of para-hydroxylation sites is 2. The Labute approximate surface area is 185 Å². The fourth-order valence-corrected chi connectivity index (χ4v) is 8.10. The van der Waals surface area contributed by atoms with Crippen molar-refractivity contribution in [1.82, 2.24) is 4.31 Å². The van der Waals surface area contributed by atoms with Gasteiger partial charge >= 0.3 is 0 Å². The molecule has 0 radical (unpaired) electrons. The molecule has 12 heteroatoms. The van der Waals surface area contributed by atoms with Crippen molar-refractivity contribution in [1.29, 1.82) is 0 Å². The number of piperidine rings is 1. The van der Waals surface area contributed by atoms with Crippen molar-refractivity contribution >= 4 is 42.8 Å². The van der Waals surface area contributed by atoms with Crippen LogP contribution in [-0.2, 0) is 20.0 Å². The van der Waals surface area contributed by atoms with E-state index in [4.69, 9.17) is 0 Å². The van der Waals surface area contributed by atoms with E-state index in [0.29, 0.717) is 10.6 Å². The zero-order valence-corrected chi connectivity index (χ0v) is 20.1. The fourth-order valence-electron chi connectivity index (χ4n) is 3.53. The Morgan fingerprint density at radius 3 is 2.23 bits per heavy atom. The largest absolute Gasteiger partial charge is 0.369 e. The summed E-state index contributed by atoms with van der Waals surface area (Å²) < 4.78 is 82.2. The predicted molar refractivity (Wildman–Crippen MR) is 118 cm³/mol. The van der Waals surface area contributed by atoms with Gasteiger partial charge in [-0.3, -0.25) is 4.72 Å². The Balaban J connectivity index is 1.97. The molecule has 1 aliphatic rings. The molecule has 0 atom stereocenters. The Hall–Kier alpha value is -1.76. The lowest BCUT2D eigenvalue weighted by Crippen LogP contribution is -2.39. The number of alkyl halides is 2. The number of sulfonamides is 2. The molecule has 2 aromatic rings. The SMILES string of the molecule is Cc1sc(S(=O)(=O)Nc2ccccc2N2CCC(F)(F)CC2)c(C)c1S(=O)(=O)N(C)C. The number of benzene rings is 1. The summed E-state index contributed by atoms with van der Waals surface area (Å²) in [7, 11) is -5.15. The van der Waals surface area contributed by atoms with Gasteiger partial charge in [-0.15, -0.1) is 11.3 Å². The third kappa shape index (κ3) is 4.71. The molecule has 0 unspecified atom stereocenters. The summed E-state index contributed by atoms with van der Waals surface area (Å²) in [4.78, 5) is 2.08. The zero-order valence-electron chi connectivity index (χ0n) is 17.6. The summed E-state index contributed by atoms with van der Waals surface area (Å²) in [6.45, 7) is 3.24. The van der Waals surface area contributed by atoms with Gasteiger partial charge in [0.25, 0.3) is 15.9 Å². The maximum Gasteiger partial charge on any atom is 0.271 e. The molecule has 1 fully saturated rings. The lowest BCUT2D eigenvalue weighted by atomic mass is 10.1. The molecule has 1 N–H and O–H groups in total. The highest BCUT2D eigenvalue weighted by atomic mass is 32.2. The number of hydrogen-bond donors (Lipinski definition) is 1. The normalized spacial score (nSPS) is 17.2. The Kier molecular flexibility index (Phi) is 6.40. The van der Waals surface area contributed by atoms with Gasteiger partial charge in [-0.2, -0.15) is 0 Å². The van der Waals surface area contributed by atoms with Crippen LogP contribution in [0.1, 0.15) is 23.3 Å². The van der Waals surface area contributed by atoms with Gasteiger partial charge in [-0.05, 0) is 26.0 Å². The first-order valence-corrected chi connectivity index (χ1v) is 13.3. The van der Waals surface area contributed by atoms with Crippen LogP contribution < -0.4 is 9.62 Å². The minimum atomic E-state index is -4.10. The molecule has 1 aromatic carbocycles. The molecule has 1 aliphatic heterocycles. The quantitative estimate of drug-likeness (QED) is 0.664. The Morgan fingerprint density at radius 2 is 1.65 bits per heavy atom. The summed E-state index contributed by atoms with van der Waals surface area (Å²) in [5.41, 5.74) is 0.919. The molecule has 7 nitrogen and oxygen atoms in total. The highest BCUT2D eigenvalue weighted by Gasteiger charge is 2.35. The van der Waals surface area contributed by atoms with E-state index in [1.165, 1.54) is 21.0 Å². The molecule has 0 bridgehead atoms. The lowest BCUT2D eigenvalue weighted by Gasteiger charge is -2.34. The van der Waals surface area contributed by atoms with E-state index in [1.54, 1.807) is 36.1 Å². The first-order chi connectivity index (χ1) is 14.3. The fraction of sp³-hybridized carbons (Fsp3) is 0.474. The van der Waals surface area contributed by atoms with Gasteiger partial charge in [0.2, 0.25) is 10.0 Å². The van der Waals surface area contributed by atoms with Crippen LogP contribution in [0.15, 0.2) is 33.4 Å². The molecule has 172 valence electrons. The Morgan fingerprint density at radius 1 is 1.06 bits per heavy atom. The molecule has 0 saturated carbocycles. The van der Waals surface area contributed by atoms with E-state index in [0.717, 1.165) is 15.6 Å². The lowest BCUT2D eigenvalue weighted by molar-refractivity contribution is -0.0220. The third-order valence-corrected chi connectivity index (χ3v) is 10.6. The highest BCUT2D eigenvalue weighted by Crippen LogP contribution is 2.38. The standard InChI is InChI=1S/C19H25F2N3O4S3/c1-13-17(31(27,28)23(3)4)14(2)29-18(13)30(25,26)22-15-7-5-6-8-16(15)24-11-9-19(20,21)10-12-24/h5-8,22H,9-12H2,1-4H3. The van der Waals surface area contributed by atoms with Gasteiger partial charge < -0.3 is 4.90 Å². The second-order valence-corrected chi connectivity index (χ2v) is 12.8. The Bertz CT molecular complexity index is 1180. The van der Waals surface area contributed by atoms with Crippen LogP contribution in [-0.4, -0.2) is 54.2 Å². The maximum absolute atomic E-state index is 13.5. The smallest absolute Gasteiger partial charge is 0.271 e. The summed E-state index contributed by atoms with van der Waals surface area (Å²) in [6.07, 6.45) is -0.605. The average molecular weight is 494 g/mol. The van der Waals surface area contributed by atoms with Crippen LogP contribution in [0, 0.1) is 13.8 Å². The van der Waals surface area contributed by atoms with Crippen molar-refractivity contribution in [3.8, 4) is 0 Å². The predicted octanol–water partition coefficient (Wildman–Crippen LogP) is 3.65. The van der Waals surface area contributed by atoms with E-state index in [-0.39, 0.29) is 46.3 Å². The van der Waals surface area contributed by atoms with Crippen LogP contribution in [0.4, 0.5) is 20.2 Å². The second-order valence-electron chi connectivity index (χ2n) is 7.65. The van der Waals surface area contributed by atoms with E-state index in [2.05, 4.69) is 4.72 Å². The third-order valence-electron chi connectivity index (χ3n) is 5.18. The number of aryl methyl sites for hydroxylation is 1. The van der Waals surface area contributed by atoms with Gasteiger partial charge in [-0.1, -0.05) is 12.1 Å². The number of nitrogens with one attached hydrogen (secondary N) is 1. The van der Waals surface area contributed by atoms with Crippen molar-refractivity contribution in [3.05, 3.63) is 34.7 Å². The van der Waals surface area contributed by atoms with E-state index in [9.17, 15) is 25.6 Å². The number of hydrogen-bond acceptors (Lipinski definition) is 6. The number of halogens is 2. The van der Waals surface area contributed by atoms with Crippen LogP contribution in [0.25, 0.3) is 0 Å². The molecule has 0 spiro atoms. The number of rotatable bonds is 6. The summed E-state index contributed by atoms with van der Waals surface area (Å²) in [5, 5.41) is 0. The molecule has 2 heterocycles. The topological polar surface area (TPSA) is 86.8 Å². The van der Waals surface area contributed by atoms with Gasteiger partial charge in [0.15, 0.2) is 0 Å². The molecular formula is C19H25F2N3O4S3. The van der Waals surface area contributed by atoms with Crippen LogP contribution in [0.3, 0.4) is 0 Å². The summed E-state index contributed by atoms with van der Waals surface area (Å²) in [5.74, 6) is -2.72. The molecule has 1 saturated heterocycles. The van der Waals surface area contributed by atoms with Crippen LogP contribution in [0.5, 0.6) is 0 Å². The van der Waals surface area contributed by atoms with E-state index in [1.807, 2.05) is 0 Å². The molecule has 0 aliphatic carbocycles.